The van der Waals surface area contributed by atoms with Crippen LogP contribution in [0.15, 0.2) is 70.7 Å². The van der Waals surface area contributed by atoms with Gasteiger partial charge in [0, 0.05) is 12.2 Å². The molecule has 2 aromatic carbocycles. The first-order chi connectivity index (χ1) is 17.1. The van der Waals surface area contributed by atoms with E-state index in [0.717, 1.165) is 20.4 Å². The molecule has 180 valence electrons. The molecule has 4 aromatic rings. The Morgan fingerprint density at radius 1 is 1.14 bits per heavy atom. The molecule has 2 heterocycles. The summed E-state index contributed by atoms with van der Waals surface area (Å²) in [6.45, 7) is 6.44. The van der Waals surface area contributed by atoms with Gasteiger partial charge in [-0.2, -0.15) is 0 Å². The van der Waals surface area contributed by atoms with Gasteiger partial charge in [0.25, 0.3) is 0 Å². The van der Waals surface area contributed by atoms with Crippen molar-refractivity contribution in [2.45, 2.75) is 28.7 Å². The van der Waals surface area contributed by atoms with Gasteiger partial charge >= 0.3 is 5.97 Å². The number of ether oxygens (including phenoxy) is 1. The summed E-state index contributed by atoms with van der Waals surface area (Å²) in [5.74, 6) is 1.00. The third-order valence-corrected chi connectivity index (χ3v) is 7.86. The van der Waals surface area contributed by atoms with Crippen LogP contribution in [-0.2, 0) is 21.8 Å². The van der Waals surface area contributed by atoms with Crippen LogP contribution in [0.25, 0.3) is 10.2 Å². The fourth-order valence-electron chi connectivity index (χ4n) is 3.12. The average molecular weight is 526 g/mol. The SMILES string of the molecule is C=CCn1c(CSc2nc3ccccc3s2)nnc1SCC(=O)Nc1ccc(C(=O)OCC)cc1. The molecule has 4 rings (SSSR count). The number of thioether (sulfide) groups is 2. The van der Waals surface area contributed by atoms with Crippen molar-refractivity contribution in [3.63, 3.8) is 0 Å². The van der Waals surface area contributed by atoms with Crippen LogP contribution >= 0.6 is 34.9 Å². The normalized spacial score (nSPS) is 10.9. The zero-order chi connectivity index (χ0) is 24.6. The van der Waals surface area contributed by atoms with Gasteiger partial charge in [-0.15, -0.1) is 28.1 Å². The van der Waals surface area contributed by atoms with Crippen LogP contribution in [0.1, 0.15) is 23.1 Å². The van der Waals surface area contributed by atoms with Gasteiger partial charge in [0.05, 0.1) is 33.9 Å². The van der Waals surface area contributed by atoms with Crippen molar-refractivity contribution in [1.82, 2.24) is 19.7 Å². The van der Waals surface area contributed by atoms with Crippen LogP contribution in [-0.4, -0.2) is 44.0 Å². The standard InChI is InChI=1S/C24H23N5O3S3/c1-3-13-29-20(14-34-24-26-18-7-5-6-8-19(18)35-24)27-28-23(29)33-15-21(30)25-17-11-9-16(10-12-17)22(31)32-4-2/h3,5-12H,1,4,13-15H2,2H3,(H,25,30). The molecule has 0 bridgehead atoms. The van der Waals surface area contributed by atoms with E-state index in [1.165, 1.54) is 11.8 Å². The lowest BCUT2D eigenvalue weighted by Gasteiger charge is -2.08. The van der Waals surface area contributed by atoms with Crippen molar-refractivity contribution in [3.05, 3.63) is 72.6 Å². The minimum atomic E-state index is -0.389. The highest BCUT2D eigenvalue weighted by Gasteiger charge is 2.15. The fraction of sp³-hybridized carbons (Fsp3) is 0.208. The Labute approximate surface area is 215 Å². The Morgan fingerprint density at radius 2 is 1.94 bits per heavy atom. The fourth-order valence-corrected chi connectivity index (χ4v) is 5.89. The third kappa shape index (κ3) is 6.50. The van der Waals surface area contributed by atoms with Crippen LogP contribution in [0.3, 0.4) is 0 Å². The molecule has 0 aliphatic heterocycles. The molecular formula is C24H23N5O3S3. The zero-order valence-corrected chi connectivity index (χ0v) is 21.4. The van der Waals surface area contributed by atoms with E-state index in [4.69, 9.17) is 4.74 Å². The number of thiazole rings is 1. The van der Waals surface area contributed by atoms with Gasteiger partial charge in [0.1, 0.15) is 5.82 Å². The van der Waals surface area contributed by atoms with Crippen molar-refractivity contribution in [2.24, 2.45) is 0 Å². The summed E-state index contributed by atoms with van der Waals surface area (Å²) in [7, 11) is 0. The number of benzene rings is 2. The van der Waals surface area contributed by atoms with Gasteiger partial charge in [-0.1, -0.05) is 41.7 Å². The number of fused-ring (bicyclic) bond motifs is 1. The number of carbonyl (C=O) groups is 2. The van der Waals surface area contributed by atoms with E-state index in [2.05, 4.69) is 33.1 Å². The van der Waals surface area contributed by atoms with Crippen LogP contribution in [0.5, 0.6) is 0 Å². The van der Waals surface area contributed by atoms with Crippen molar-refractivity contribution >= 4 is 62.6 Å². The van der Waals surface area contributed by atoms with Crippen molar-refractivity contribution in [1.29, 1.82) is 0 Å². The first-order valence-corrected chi connectivity index (χ1v) is 13.6. The van der Waals surface area contributed by atoms with Crippen molar-refractivity contribution < 1.29 is 14.3 Å². The van der Waals surface area contributed by atoms with Gasteiger partial charge in [0.15, 0.2) is 9.50 Å². The molecule has 0 aliphatic rings. The smallest absolute Gasteiger partial charge is 0.338 e. The van der Waals surface area contributed by atoms with Gasteiger partial charge in [-0.05, 0) is 43.3 Å². The van der Waals surface area contributed by atoms with Gasteiger partial charge in [0.2, 0.25) is 5.91 Å². The van der Waals surface area contributed by atoms with Crippen molar-refractivity contribution in [2.75, 3.05) is 17.7 Å². The first-order valence-electron chi connectivity index (χ1n) is 10.8. The van der Waals surface area contributed by atoms with E-state index < -0.39 is 0 Å². The van der Waals surface area contributed by atoms with Crippen LogP contribution in [0, 0.1) is 0 Å². The second-order valence-electron chi connectivity index (χ2n) is 7.17. The summed E-state index contributed by atoms with van der Waals surface area (Å²) in [6, 6.07) is 14.6. The molecule has 0 fully saturated rings. The Balaban J connectivity index is 1.34. The minimum absolute atomic E-state index is 0.167. The Kier molecular flexibility index (Phi) is 8.56. The summed E-state index contributed by atoms with van der Waals surface area (Å²) in [4.78, 5) is 28.9. The quantitative estimate of drug-likeness (QED) is 0.161. The van der Waals surface area contributed by atoms with Gasteiger partial charge < -0.3 is 14.6 Å². The largest absolute Gasteiger partial charge is 0.462 e. The highest BCUT2D eigenvalue weighted by Crippen LogP contribution is 2.31. The molecule has 0 saturated heterocycles. The van der Waals surface area contributed by atoms with E-state index >= 15 is 0 Å². The third-order valence-electron chi connectivity index (χ3n) is 4.72. The molecule has 35 heavy (non-hydrogen) atoms. The number of nitrogens with zero attached hydrogens (tertiary/aromatic N) is 4. The van der Waals surface area contributed by atoms with E-state index in [1.807, 2.05) is 22.8 Å². The zero-order valence-electron chi connectivity index (χ0n) is 19.0. The summed E-state index contributed by atoms with van der Waals surface area (Å²) in [5.41, 5.74) is 2.03. The average Bonchev–Trinajstić information content (AvgIpc) is 3.45. The molecule has 0 radical (unpaired) electrons. The summed E-state index contributed by atoms with van der Waals surface area (Å²) in [6.07, 6.45) is 1.78. The van der Waals surface area contributed by atoms with Crippen LogP contribution in [0.4, 0.5) is 5.69 Å². The molecular weight excluding hydrogens is 502 g/mol. The highest BCUT2D eigenvalue weighted by molar-refractivity contribution is 8.00. The molecule has 1 amide bonds. The topological polar surface area (TPSA) is 99.0 Å². The van der Waals surface area contributed by atoms with E-state index in [-0.39, 0.29) is 17.6 Å². The summed E-state index contributed by atoms with van der Waals surface area (Å²) in [5, 5.41) is 12.1. The monoisotopic (exact) mass is 525 g/mol. The van der Waals surface area contributed by atoms with E-state index in [0.29, 0.717) is 35.3 Å². The molecule has 0 atom stereocenters. The molecule has 11 heteroatoms. The predicted octanol–water partition coefficient (Wildman–Crippen LogP) is 5.27. The number of hydrogen-bond donors (Lipinski definition) is 1. The molecule has 8 nitrogen and oxygen atoms in total. The van der Waals surface area contributed by atoms with Crippen molar-refractivity contribution in [3.8, 4) is 0 Å². The summed E-state index contributed by atoms with van der Waals surface area (Å²) >= 11 is 4.57. The number of para-hydroxylation sites is 1. The van der Waals surface area contributed by atoms with Crippen LogP contribution in [0.2, 0.25) is 0 Å². The second-order valence-corrected chi connectivity index (χ2v) is 10.4. The van der Waals surface area contributed by atoms with E-state index in [9.17, 15) is 9.59 Å². The predicted molar refractivity (Wildman–Crippen MR) is 141 cm³/mol. The number of nitrogens with one attached hydrogen (secondary N) is 1. The maximum Gasteiger partial charge on any atom is 0.338 e. The Hall–Kier alpha value is -3.15. The number of rotatable bonds is 11. The number of hydrogen-bond acceptors (Lipinski definition) is 9. The van der Waals surface area contributed by atoms with E-state index in [1.54, 1.807) is 60.4 Å². The second kappa shape index (κ2) is 12.0. The number of anilines is 1. The molecule has 0 saturated carbocycles. The molecule has 0 aliphatic carbocycles. The van der Waals surface area contributed by atoms with Gasteiger partial charge in [-0.25, -0.2) is 9.78 Å². The maximum atomic E-state index is 12.5. The lowest BCUT2D eigenvalue weighted by molar-refractivity contribution is -0.113. The van der Waals surface area contributed by atoms with Crippen LogP contribution < -0.4 is 5.32 Å². The number of amides is 1. The number of carbonyl (C=O) groups excluding carboxylic acids is 2. The molecule has 0 unspecified atom stereocenters. The minimum Gasteiger partial charge on any atom is -0.462 e. The number of allylic oxidation sites excluding steroid dienone is 1. The molecule has 2 aromatic heterocycles. The maximum absolute atomic E-state index is 12.5. The first kappa shape index (κ1) is 25.0. The highest BCUT2D eigenvalue weighted by atomic mass is 32.2. The van der Waals surface area contributed by atoms with Gasteiger partial charge in [-0.3, -0.25) is 4.79 Å². The Morgan fingerprint density at radius 3 is 2.69 bits per heavy atom. The number of aromatic nitrogens is 4. The summed E-state index contributed by atoms with van der Waals surface area (Å²) < 4.78 is 9.05. The lowest BCUT2D eigenvalue weighted by atomic mass is 10.2. The number of esters is 1. The Bertz CT molecular complexity index is 1300. The molecule has 1 N–H and O–H groups in total. The molecule has 0 spiro atoms. The lowest BCUT2D eigenvalue weighted by Crippen LogP contribution is -2.15.